The fraction of sp³-hybridized carbons (Fsp3) is 0.467. The van der Waals surface area contributed by atoms with E-state index in [0.29, 0.717) is 18.0 Å². The van der Waals surface area contributed by atoms with Gasteiger partial charge in [0.2, 0.25) is 0 Å². The zero-order valence-corrected chi connectivity index (χ0v) is 11.7. The molecule has 1 aromatic heterocycles. The Morgan fingerprint density at radius 1 is 1.20 bits per heavy atom. The maximum Gasteiger partial charge on any atom is 0.406 e. The minimum absolute atomic E-state index is 0.549. The second-order valence-corrected chi connectivity index (χ2v) is 5.48. The summed E-state index contributed by atoms with van der Waals surface area (Å²) in [6, 6.07) is 7.36. The molecule has 0 bridgehead atoms. The first-order chi connectivity index (χ1) is 9.35. The summed E-state index contributed by atoms with van der Waals surface area (Å²) in [7, 11) is 0. The van der Waals surface area contributed by atoms with Crippen molar-refractivity contribution in [1.82, 2.24) is 9.88 Å². The molecule has 5 heteroatoms. The summed E-state index contributed by atoms with van der Waals surface area (Å²) in [5.74, 6) is 0.549. The summed E-state index contributed by atoms with van der Waals surface area (Å²) in [5.41, 5.74) is 1.63. The number of rotatable bonds is 5. The van der Waals surface area contributed by atoms with Crippen LogP contribution in [0.3, 0.4) is 0 Å². The van der Waals surface area contributed by atoms with Crippen molar-refractivity contribution in [3.8, 4) is 0 Å². The molecular formula is C15H19F3N2. The Balaban J connectivity index is 2.16. The lowest BCUT2D eigenvalue weighted by Crippen LogP contribution is -2.19. The predicted molar refractivity (Wildman–Crippen MR) is 74.5 cm³/mol. The van der Waals surface area contributed by atoms with E-state index in [2.05, 4.69) is 19.2 Å². The second-order valence-electron chi connectivity index (χ2n) is 5.48. The van der Waals surface area contributed by atoms with Gasteiger partial charge in [-0.1, -0.05) is 26.0 Å². The van der Waals surface area contributed by atoms with Crippen molar-refractivity contribution in [2.45, 2.75) is 33.1 Å². The Morgan fingerprint density at radius 3 is 2.60 bits per heavy atom. The van der Waals surface area contributed by atoms with Gasteiger partial charge in [0.05, 0.1) is 0 Å². The highest BCUT2D eigenvalue weighted by atomic mass is 19.4. The molecular weight excluding hydrogens is 265 g/mol. The highest BCUT2D eigenvalue weighted by molar-refractivity contribution is 5.80. The van der Waals surface area contributed by atoms with E-state index in [4.69, 9.17) is 0 Å². The summed E-state index contributed by atoms with van der Waals surface area (Å²) in [6.45, 7) is 4.85. The number of nitrogens with one attached hydrogen (secondary N) is 1. The first-order valence-corrected chi connectivity index (χ1v) is 6.70. The average Bonchev–Trinajstić information content (AvgIpc) is 2.69. The number of nitrogens with zero attached hydrogens (tertiary/aromatic N) is 1. The van der Waals surface area contributed by atoms with E-state index in [1.54, 1.807) is 6.07 Å². The Morgan fingerprint density at radius 2 is 1.95 bits per heavy atom. The number of benzene rings is 1. The van der Waals surface area contributed by atoms with E-state index in [1.165, 1.54) is 10.8 Å². The second kappa shape index (κ2) is 5.87. The number of halogens is 3. The average molecular weight is 284 g/mol. The van der Waals surface area contributed by atoms with Crippen LogP contribution in [0, 0.1) is 5.92 Å². The Hall–Kier alpha value is -1.49. The SMILES string of the molecule is CC(C)CNCc1ccc2ccn(CC(F)(F)F)c2c1. The van der Waals surface area contributed by atoms with Crippen LogP contribution in [-0.2, 0) is 13.1 Å². The zero-order chi connectivity index (χ0) is 14.8. The van der Waals surface area contributed by atoms with Gasteiger partial charge in [-0.05, 0) is 35.5 Å². The Kier molecular flexibility index (Phi) is 4.38. The van der Waals surface area contributed by atoms with Crippen LogP contribution in [0.4, 0.5) is 13.2 Å². The molecule has 0 saturated heterocycles. The Labute approximate surface area is 116 Å². The highest BCUT2D eigenvalue weighted by Gasteiger charge is 2.28. The summed E-state index contributed by atoms with van der Waals surface area (Å²) in [4.78, 5) is 0. The van der Waals surface area contributed by atoms with Crippen LogP contribution in [0.2, 0.25) is 0 Å². The Bertz CT molecular complexity index is 570. The predicted octanol–water partition coefficient (Wildman–Crippen LogP) is 3.95. The molecule has 1 aromatic carbocycles. The number of hydrogen-bond acceptors (Lipinski definition) is 1. The molecule has 0 aliphatic carbocycles. The summed E-state index contributed by atoms with van der Waals surface area (Å²) in [5, 5.41) is 4.13. The van der Waals surface area contributed by atoms with Gasteiger partial charge in [0.1, 0.15) is 6.54 Å². The molecule has 0 spiro atoms. The molecule has 0 aliphatic heterocycles. The standard InChI is InChI=1S/C15H19F3N2/c1-11(2)8-19-9-12-3-4-13-5-6-20(14(13)7-12)10-15(16,17)18/h3-7,11,19H,8-10H2,1-2H3. The molecule has 2 nitrogen and oxygen atoms in total. The molecule has 0 aliphatic rings. The van der Waals surface area contributed by atoms with E-state index < -0.39 is 12.7 Å². The molecule has 0 amide bonds. The lowest BCUT2D eigenvalue weighted by molar-refractivity contribution is -0.139. The molecule has 1 N–H and O–H groups in total. The number of aromatic nitrogens is 1. The number of hydrogen-bond donors (Lipinski definition) is 1. The third-order valence-corrected chi connectivity index (χ3v) is 3.07. The van der Waals surface area contributed by atoms with Gasteiger partial charge in [0, 0.05) is 18.3 Å². The van der Waals surface area contributed by atoms with E-state index in [0.717, 1.165) is 17.5 Å². The molecule has 2 aromatic rings. The van der Waals surface area contributed by atoms with Crippen molar-refractivity contribution in [3.63, 3.8) is 0 Å². The van der Waals surface area contributed by atoms with E-state index in [9.17, 15) is 13.2 Å². The van der Waals surface area contributed by atoms with E-state index in [-0.39, 0.29) is 0 Å². The fourth-order valence-corrected chi connectivity index (χ4v) is 2.18. The van der Waals surface area contributed by atoms with Gasteiger partial charge in [0.25, 0.3) is 0 Å². The smallest absolute Gasteiger partial charge is 0.338 e. The topological polar surface area (TPSA) is 17.0 Å². The van der Waals surface area contributed by atoms with E-state index in [1.807, 2.05) is 18.2 Å². The summed E-state index contributed by atoms with van der Waals surface area (Å²) < 4.78 is 38.8. The van der Waals surface area contributed by atoms with Crippen LogP contribution in [0.25, 0.3) is 10.9 Å². The zero-order valence-electron chi connectivity index (χ0n) is 11.7. The first kappa shape index (κ1) is 14.9. The lowest BCUT2D eigenvalue weighted by atomic mass is 10.1. The third-order valence-electron chi connectivity index (χ3n) is 3.07. The molecule has 0 unspecified atom stereocenters. The van der Waals surface area contributed by atoms with Gasteiger partial charge in [0.15, 0.2) is 0 Å². The number of fused-ring (bicyclic) bond motifs is 1. The maximum absolute atomic E-state index is 12.5. The van der Waals surface area contributed by atoms with Gasteiger partial charge >= 0.3 is 6.18 Å². The van der Waals surface area contributed by atoms with Crippen molar-refractivity contribution in [2.24, 2.45) is 5.92 Å². The third kappa shape index (κ3) is 4.00. The van der Waals surface area contributed by atoms with Crippen LogP contribution in [0.1, 0.15) is 19.4 Å². The van der Waals surface area contributed by atoms with Crippen LogP contribution >= 0.6 is 0 Å². The molecule has 1 heterocycles. The van der Waals surface area contributed by atoms with Crippen LogP contribution in [0.15, 0.2) is 30.5 Å². The monoisotopic (exact) mass is 284 g/mol. The summed E-state index contributed by atoms with van der Waals surface area (Å²) >= 11 is 0. The van der Waals surface area contributed by atoms with Crippen LogP contribution < -0.4 is 5.32 Å². The highest BCUT2D eigenvalue weighted by Crippen LogP contribution is 2.23. The maximum atomic E-state index is 12.5. The largest absolute Gasteiger partial charge is 0.406 e. The van der Waals surface area contributed by atoms with Crippen molar-refractivity contribution in [3.05, 3.63) is 36.0 Å². The van der Waals surface area contributed by atoms with Crippen LogP contribution in [-0.4, -0.2) is 17.3 Å². The molecule has 0 fully saturated rings. The van der Waals surface area contributed by atoms with Crippen LogP contribution in [0.5, 0.6) is 0 Å². The molecule has 20 heavy (non-hydrogen) atoms. The fourth-order valence-electron chi connectivity index (χ4n) is 2.18. The van der Waals surface area contributed by atoms with Gasteiger partial charge in [-0.3, -0.25) is 0 Å². The number of alkyl halides is 3. The lowest BCUT2D eigenvalue weighted by Gasteiger charge is -2.11. The van der Waals surface area contributed by atoms with Crippen molar-refractivity contribution < 1.29 is 13.2 Å². The normalized spacial score (nSPS) is 12.5. The van der Waals surface area contributed by atoms with Crippen molar-refractivity contribution in [1.29, 1.82) is 0 Å². The molecule has 0 saturated carbocycles. The first-order valence-electron chi connectivity index (χ1n) is 6.70. The summed E-state index contributed by atoms with van der Waals surface area (Å²) in [6.07, 6.45) is -2.71. The minimum atomic E-state index is -4.20. The van der Waals surface area contributed by atoms with Crippen molar-refractivity contribution >= 4 is 10.9 Å². The van der Waals surface area contributed by atoms with Gasteiger partial charge in [-0.15, -0.1) is 0 Å². The molecule has 0 radical (unpaired) electrons. The quantitative estimate of drug-likeness (QED) is 0.879. The molecule has 2 rings (SSSR count). The van der Waals surface area contributed by atoms with Gasteiger partial charge < -0.3 is 9.88 Å². The minimum Gasteiger partial charge on any atom is -0.338 e. The van der Waals surface area contributed by atoms with Gasteiger partial charge in [-0.2, -0.15) is 13.2 Å². The van der Waals surface area contributed by atoms with Gasteiger partial charge in [-0.25, -0.2) is 0 Å². The van der Waals surface area contributed by atoms with E-state index >= 15 is 0 Å². The molecule has 0 atom stereocenters. The van der Waals surface area contributed by atoms with Crippen molar-refractivity contribution in [2.75, 3.05) is 6.54 Å². The molecule has 110 valence electrons.